The Hall–Kier alpha value is -3.54. The van der Waals surface area contributed by atoms with Crippen molar-refractivity contribution in [1.29, 1.82) is 0 Å². The van der Waals surface area contributed by atoms with Gasteiger partial charge in [-0.2, -0.15) is 0 Å². The van der Waals surface area contributed by atoms with E-state index >= 15 is 0 Å². The van der Waals surface area contributed by atoms with Crippen molar-refractivity contribution >= 4 is 28.9 Å². The minimum Gasteiger partial charge on any atom is -0.444 e. The number of imidazole rings is 1. The first-order valence-electron chi connectivity index (χ1n) is 12.6. The molecule has 192 valence electrons. The highest BCUT2D eigenvalue weighted by atomic mass is 16.6. The van der Waals surface area contributed by atoms with E-state index in [9.17, 15) is 19.2 Å². The molecule has 0 bridgehead atoms. The largest absolute Gasteiger partial charge is 0.444 e. The van der Waals surface area contributed by atoms with Gasteiger partial charge < -0.3 is 9.64 Å². The van der Waals surface area contributed by atoms with Gasteiger partial charge in [0.2, 0.25) is 11.8 Å². The van der Waals surface area contributed by atoms with E-state index in [0.717, 1.165) is 25.7 Å². The lowest BCUT2D eigenvalue weighted by molar-refractivity contribution is -0.135. The van der Waals surface area contributed by atoms with Gasteiger partial charge in [0, 0.05) is 32.5 Å². The molecule has 36 heavy (non-hydrogen) atoms. The Morgan fingerprint density at radius 1 is 1.17 bits per heavy atom. The van der Waals surface area contributed by atoms with E-state index in [1.165, 1.54) is 9.13 Å². The number of carbonyl (C=O) groups is 3. The van der Waals surface area contributed by atoms with Gasteiger partial charge in [-0.1, -0.05) is 17.9 Å². The molecule has 2 fully saturated rings. The lowest BCUT2D eigenvalue weighted by atomic mass is 9.98. The maximum Gasteiger partial charge on any atom is 0.410 e. The number of ether oxygens (including phenoxy) is 1. The molecule has 2 aromatic rings. The zero-order valence-corrected chi connectivity index (χ0v) is 21.4. The van der Waals surface area contributed by atoms with Crippen LogP contribution >= 0.6 is 0 Å². The molecule has 0 spiro atoms. The maximum atomic E-state index is 13.1. The summed E-state index contributed by atoms with van der Waals surface area (Å²) >= 11 is 0. The number of carbonyl (C=O) groups excluding carboxylic acids is 3. The summed E-state index contributed by atoms with van der Waals surface area (Å²) < 4.78 is 8.56. The van der Waals surface area contributed by atoms with Crippen LogP contribution in [0.4, 0.5) is 4.79 Å². The number of nitrogens with zero attached hydrogens (tertiary/aromatic N) is 3. The van der Waals surface area contributed by atoms with Gasteiger partial charge in [0.05, 0.1) is 16.6 Å². The van der Waals surface area contributed by atoms with Crippen LogP contribution in [0.1, 0.15) is 77.3 Å². The Labute approximate surface area is 210 Å². The summed E-state index contributed by atoms with van der Waals surface area (Å²) in [7, 11) is 1.67. The molecule has 9 heteroatoms. The molecule has 1 N–H and O–H groups in total. The first kappa shape index (κ1) is 25.5. The molecule has 9 nitrogen and oxygen atoms in total. The molecule has 1 aromatic heterocycles. The number of para-hydroxylation sites is 1. The number of hydrogen-bond acceptors (Lipinski definition) is 5. The minimum atomic E-state index is -0.729. The number of piperidine rings is 2. The molecule has 2 atom stereocenters. The molecule has 2 unspecified atom stereocenters. The fourth-order valence-electron chi connectivity index (χ4n) is 5.03. The molecule has 3 heterocycles. The van der Waals surface area contributed by atoms with E-state index < -0.39 is 17.6 Å². The van der Waals surface area contributed by atoms with Gasteiger partial charge in [-0.3, -0.25) is 24.0 Å². The highest BCUT2D eigenvalue weighted by Crippen LogP contribution is 2.25. The van der Waals surface area contributed by atoms with Gasteiger partial charge in [0.25, 0.3) is 0 Å². The number of benzene rings is 1. The molecule has 2 aliphatic heterocycles. The second kappa shape index (κ2) is 10.2. The minimum absolute atomic E-state index is 0.0941. The number of nitrogens with one attached hydrogen (secondary N) is 1. The van der Waals surface area contributed by atoms with Crippen molar-refractivity contribution in [3.05, 3.63) is 34.2 Å². The fraction of sp³-hybridized carbons (Fsp3) is 0.556. The number of fused-ring (bicyclic) bond motifs is 1. The third kappa shape index (κ3) is 5.32. The van der Waals surface area contributed by atoms with Crippen molar-refractivity contribution in [3.63, 3.8) is 0 Å². The summed E-state index contributed by atoms with van der Waals surface area (Å²) in [5.74, 6) is 5.64. The predicted molar refractivity (Wildman–Crippen MR) is 135 cm³/mol. The maximum absolute atomic E-state index is 13.1. The van der Waals surface area contributed by atoms with E-state index in [1.807, 2.05) is 37.8 Å². The molecular formula is C27H34N4O5. The van der Waals surface area contributed by atoms with Gasteiger partial charge in [0.15, 0.2) is 0 Å². The standard InChI is InChI=1S/C27H34N4O5/c1-27(2,3)36-26(35)30-17-8-7-13-19(30)12-6-5-10-18-11-9-14-20-23(18)29(4)25(34)31(20)21-15-16-22(32)28-24(21)33/h9,11,14,19,21H,6-8,12-13,15-17H2,1-4H3,(H,28,32,33). The van der Waals surface area contributed by atoms with E-state index in [1.54, 1.807) is 13.1 Å². The molecule has 0 radical (unpaired) electrons. The zero-order valence-electron chi connectivity index (χ0n) is 21.4. The molecule has 2 saturated heterocycles. The Kier molecular flexibility index (Phi) is 7.25. The topological polar surface area (TPSA) is 103 Å². The van der Waals surface area contributed by atoms with Gasteiger partial charge in [0.1, 0.15) is 11.6 Å². The van der Waals surface area contributed by atoms with Crippen molar-refractivity contribution in [3.8, 4) is 11.8 Å². The summed E-state index contributed by atoms with van der Waals surface area (Å²) in [5, 5.41) is 2.33. The van der Waals surface area contributed by atoms with Crippen LogP contribution in [-0.4, -0.2) is 50.1 Å². The number of amides is 3. The average Bonchev–Trinajstić information content (AvgIpc) is 3.06. The normalized spacial score (nSPS) is 20.6. The predicted octanol–water partition coefficient (Wildman–Crippen LogP) is 3.24. The van der Waals surface area contributed by atoms with E-state index in [4.69, 9.17) is 4.74 Å². The number of aryl methyl sites for hydroxylation is 1. The van der Waals surface area contributed by atoms with E-state index in [-0.39, 0.29) is 36.6 Å². The smallest absolute Gasteiger partial charge is 0.410 e. The SMILES string of the molecule is Cn1c(=O)n(C2CCC(=O)NC2=O)c2cccc(C#CCCC3CCCCN3C(=O)OC(C)(C)C)c21. The summed E-state index contributed by atoms with van der Waals surface area (Å²) in [5.41, 5.74) is 1.13. The van der Waals surface area contributed by atoms with Crippen LogP contribution in [0.5, 0.6) is 0 Å². The van der Waals surface area contributed by atoms with E-state index in [2.05, 4.69) is 17.2 Å². The van der Waals surface area contributed by atoms with Crippen LogP contribution in [0.15, 0.2) is 23.0 Å². The van der Waals surface area contributed by atoms with Crippen LogP contribution in [0.25, 0.3) is 11.0 Å². The Bertz CT molecular complexity index is 1300. The van der Waals surface area contributed by atoms with Crippen molar-refractivity contribution in [2.75, 3.05) is 6.54 Å². The molecule has 0 aliphatic carbocycles. The third-order valence-electron chi connectivity index (χ3n) is 6.71. The number of likely N-dealkylation sites (tertiary alicyclic amines) is 1. The molecule has 3 amide bonds. The van der Waals surface area contributed by atoms with Crippen molar-refractivity contribution in [2.45, 2.75) is 83.4 Å². The summed E-state index contributed by atoms with van der Waals surface area (Å²) in [6.07, 6.45) is 4.54. The summed E-state index contributed by atoms with van der Waals surface area (Å²) in [4.78, 5) is 51.6. The monoisotopic (exact) mass is 494 g/mol. The zero-order chi connectivity index (χ0) is 26.0. The molecule has 4 rings (SSSR count). The summed E-state index contributed by atoms with van der Waals surface area (Å²) in [6, 6.07) is 4.84. The second-order valence-corrected chi connectivity index (χ2v) is 10.5. The Morgan fingerprint density at radius 2 is 1.94 bits per heavy atom. The van der Waals surface area contributed by atoms with E-state index in [0.29, 0.717) is 29.6 Å². The molecule has 0 saturated carbocycles. The molecular weight excluding hydrogens is 460 g/mol. The Balaban J connectivity index is 1.53. The van der Waals surface area contributed by atoms with Gasteiger partial charge >= 0.3 is 11.8 Å². The second-order valence-electron chi connectivity index (χ2n) is 10.5. The molecule has 1 aromatic carbocycles. The lowest BCUT2D eigenvalue weighted by Crippen LogP contribution is -2.46. The van der Waals surface area contributed by atoms with Crippen LogP contribution < -0.4 is 11.0 Å². The summed E-state index contributed by atoms with van der Waals surface area (Å²) in [6.45, 7) is 6.31. The van der Waals surface area contributed by atoms with Crippen molar-refractivity contribution < 1.29 is 19.1 Å². The quantitative estimate of drug-likeness (QED) is 0.521. The number of aromatic nitrogens is 2. The first-order valence-corrected chi connectivity index (χ1v) is 12.6. The van der Waals surface area contributed by atoms with Gasteiger partial charge in [-0.25, -0.2) is 9.59 Å². The average molecular weight is 495 g/mol. The van der Waals surface area contributed by atoms with Crippen LogP contribution in [0.2, 0.25) is 0 Å². The first-order chi connectivity index (χ1) is 17.1. The number of rotatable bonds is 3. The molecule has 2 aliphatic rings. The number of imide groups is 1. The van der Waals surface area contributed by atoms with Gasteiger partial charge in [-0.15, -0.1) is 0 Å². The van der Waals surface area contributed by atoms with Crippen molar-refractivity contribution in [2.24, 2.45) is 7.05 Å². The van der Waals surface area contributed by atoms with Crippen molar-refractivity contribution in [1.82, 2.24) is 19.4 Å². The highest BCUT2D eigenvalue weighted by molar-refractivity contribution is 6.00. The van der Waals surface area contributed by atoms with Gasteiger partial charge in [-0.05, 0) is 65.0 Å². The van der Waals surface area contributed by atoms with Crippen LogP contribution in [-0.2, 0) is 21.4 Å². The van der Waals surface area contributed by atoms with Crippen LogP contribution in [0.3, 0.4) is 0 Å². The van der Waals surface area contributed by atoms with Crippen LogP contribution in [0, 0.1) is 11.8 Å². The highest BCUT2D eigenvalue weighted by Gasteiger charge is 2.32. The fourth-order valence-corrected chi connectivity index (χ4v) is 5.03. The third-order valence-corrected chi connectivity index (χ3v) is 6.71. The number of hydrogen-bond donors (Lipinski definition) is 1. The lowest BCUT2D eigenvalue weighted by Gasteiger charge is -2.36. The Morgan fingerprint density at radius 3 is 2.67 bits per heavy atom.